The van der Waals surface area contributed by atoms with E-state index in [1.54, 1.807) is 52.0 Å². The average molecular weight is 1110 g/mol. The Balaban J connectivity index is 1.89. The number of rotatable bonds is 15. The summed E-state index contributed by atoms with van der Waals surface area (Å²) in [5.74, 6) is -11.3. The molecule has 7 amide bonds. The molecule has 3 fully saturated rings. The highest BCUT2D eigenvalue weighted by molar-refractivity contribution is 6.35. The lowest BCUT2D eigenvalue weighted by atomic mass is 9.91. The van der Waals surface area contributed by atoms with Crippen molar-refractivity contribution in [3.63, 3.8) is 0 Å². The van der Waals surface area contributed by atoms with E-state index in [4.69, 9.17) is 14.2 Å². The fourth-order valence-electron chi connectivity index (χ4n) is 10.5. The Labute approximate surface area is 465 Å². The summed E-state index contributed by atoms with van der Waals surface area (Å²) < 4.78 is 17.2. The minimum absolute atomic E-state index is 0.0545. The third-order valence-electron chi connectivity index (χ3n) is 15.4. The van der Waals surface area contributed by atoms with E-state index in [1.807, 2.05) is 27.7 Å². The lowest BCUT2D eigenvalue weighted by Gasteiger charge is -2.36. The van der Waals surface area contributed by atoms with Gasteiger partial charge < -0.3 is 54.9 Å². The first kappa shape index (κ1) is 65.1. The van der Waals surface area contributed by atoms with E-state index in [0.29, 0.717) is 30.6 Å². The lowest BCUT2D eigenvalue weighted by molar-refractivity contribution is -0.163. The van der Waals surface area contributed by atoms with Crippen LogP contribution in [0, 0.1) is 29.6 Å². The van der Waals surface area contributed by atoms with Crippen LogP contribution in [0.25, 0.3) is 0 Å². The first-order valence-electron chi connectivity index (χ1n) is 27.9. The maximum Gasteiger partial charge on any atom is 0.329 e. The van der Waals surface area contributed by atoms with Crippen molar-refractivity contribution in [3.05, 3.63) is 29.8 Å². The molecule has 1 unspecified atom stereocenters. The molecule has 0 saturated carbocycles. The molecule has 22 heteroatoms. The molecule has 0 spiro atoms. The van der Waals surface area contributed by atoms with Gasteiger partial charge in [0.15, 0.2) is 11.9 Å². The molecule has 79 heavy (non-hydrogen) atoms. The van der Waals surface area contributed by atoms with Gasteiger partial charge in [-0.15, -0.1) is 0 Å². The summed E-state index contributed by atoms with van der Waals surface area (Å²) in [4.78, 5) is 160. The Bertz CT molecular complexity index is 2380. The van der Waals surface area contributed by atoms with Crippen LogP contribution in [0.4, 0.5) is 0 Å². The van der Waals surface area contributed by atoms with Gasteiger partial charge in [-0.3, -0.25) is 47.9 Å². The number of hydrogen-bond donors (Lipinski definition) is 4. The van der Waals surface area contributed by atoms with Crippen LogP contribution in [0.5, 0.6) is 5.75 Å². The molecule has 3 aliphatic heterocycles. The largest absolute Gasteiger partial charge is 0.497 e. The Kier molecular flexibility index (Phi) is 24.0. The summed E-state index contributed by atoms with van der Waals surface area (Å²) in [5, 5.41) is 20.1. The number of cyclic esters (lactones) is 2. The summed E-state index contributed by atoms with van der Waals surface area (Å²) in [6.45, 7) is 18.1. The highest BCUT2D eigenvalue weighted by Gasteiger charge is 2.46. The number of hydrogen-bond acceptors (Lipinski definition) is 15. The molecule has 4 N–H and O–H groups in total. The van der Waals surface area contributed by atoms with Crippen LogP contribution in [-0.4, -0.2) is 184 Å². The Morgan fingerprint density at radius 2 is 1.49 bits per heavy atom. The van der Waals surface area contributed by atoms with Crippen molar-refractivity contribution in [2.45, 2.75) is 195 Å². The average Bonchev–Trinajstić information content (AvgIpc) is 4.13. The highest BCUT2D eigenvalue weighted by Crippen LogP contribution is 2.27. The van der Waals surface area contributed by atoms with Crippen LogP contribution in [-0.2, 0) is 68.6 Å². The number of likely N-dealkylation sites (tertiary alicyclic amines) is 1. The van der Waals surface area contributed by atoms with Crippen LogP contribution in [0.3, 0.4) is 0 Å². The second-order valence-electron chi connectivity index (χ2n) is 22.8. The minimum atomic E-state index is -1.78. The highest BCUT2D eigenvalue weighted by atomic mass is 16.6. The molecule has 0 bridgehead atoms. The standard InChI is InChI=1S/C57H87N7O15/c1-15-33(8)46-44(66)29-45(67)79-49(32(6)7)48(68)34(9)50(69)58-39(26-30(2)3)54(73)64-25-17-19-41(64)56(75)62(13)43(28-37-20-22-38(77-14)23-21-37)57(76)78-36(11)47(52(71)59-46)60-51(70)42(27-31(4)5)61(12)55(74)40-18-16-24-63(40)53(72)35(10)65/h20-23,30-34,36,39-44,46-47,49,66H,15-19,24-29H2,1-14H3,(H,58,69)(H,59,71)(H,60,70)/t33?,34-,36+,39-,40-,41-,42+,43-,44-,46+,47-,49-/m0/s1. The van der Waals surface area contributed by atoms with Gasteiger partial charge in [-0.05, 0) is 93.7 Å². The predicted molar refractivity (Wildman–Crippen MR) is 289 cm³/mol. The van der Waals surface area contributed by atoms with E-state index in [1.165, 1.54) is 54.7 Å². The fourth-order valence-corrected chi connectivity index (χ4v) is 10.5. The predicted octanol–water partition coefficient (Wildman–Crippen LogP) is 2.52. The van der Waals surface area contributed by atoms with Crippen molar-refractivity contribution in [1.29, 1.82) is 0 Å². The summed E-state index contributed by atoms with van der Waals surface area (Å²) in [5.41, 5.74) is 0.566. The summed E-state index contributed by atoms with van der Waals surface area (Å²) in [6.07, 6.45) is -3.76. The number of nitrogens with zero attached hydrogens (tertiary/aromatic N) is 4. The number of esters is 2. The Morgan fingerprint density at radius 3 is 2.06 bits per heavy atom. The first-order valence-corrected chi connectivity index (χ1v) is 27.9. The monoisotopic (exact) mass is 1110 g/mol. The molecule has 0 radical (unpaired) electrons. The number of carbonyl (C=O) groups excluding carboxylic acids is 11. The topological polar surface area (TPSA) is 285 Å². The number of ether oxygens (including phenoxy) is 3. The number of benzene rings is 1. The molecule has 3 aliphatic rings. The van der Waals surface area contributed by atoms with E-state index in [0.717, 1.165) is 6.92 Å². The second kappa shape index (κ2) is 29.1. The third-order valence-corrected chi connectivity index (χ3v) is 15.4. The zero-order valence-electron chi connectivity index (χ0n) is 48.7. The molecule has 22 nitrogen and oxygen atoms in total. The Morgan fingerprint density at radius 1 is 0.861 bits per heavy atom. The molecule has 4 rings (SSSR count). The molecule has 12 atom stereocenters. The van der Waals surface area contributed by atoms with Crippen molar-refractivity contribution in [2.75, 3.05) is 34.3 Å². The second-order valence-corrected chi connectivity index (χ2v) is 22.8. The number of aliphatic hydroxyl groups excluding tert-OH is 1. The van der Waals surface area contributed by atoms with E-state index >= 15 is 0 Å². The Hall–Kier alpha value is -6.45. The van der Waals surface area contributed by atoms with Gasteiger partial charge in [0.05, 0.1) is 31.6 Å². The van der Waals surface area contributed by atoms with E-state index in [-0.39, 0.29) is 57.0 Å². The molecule has 0 aromatic heterocycles. The molecule has 1 aromatic carbocycles. The van der Waals surface area contributed by atoms with Crippen LogP contribution in [0.1, 0.15) is 133 Å². The number of amides is 7. The zero-order valence-corrected chi connectivity index (χ0v) is 48.7. The number of methoxy groups -OCH3 is 1. The van der Waals surface area contributed by atoms with Crippen molar-refractivity contribution < 1.29 is 72.1 Å². The van der Waals surface area contributed by atoms with Crippen molar-refractivity contribution in [1.82, 2.24) is 35.6 Å². The van der Waals surface area contributed by atoms with Gasteiger partial charge in [-0.1, -0.05) is 73.9 Å². The van der Waals surface area contributed by atoms with Crippen molar-refractivity contribution in [2.24, 2.45) is 29.6 Å². The molecule has 0 aliphatic carbocycles. The van der Waals surface area contributed by atoms with Gasteiger partial charge >= 0.3 is 11.9 Å². The number of nitrogens with one attached hydrogen (secondary N) is 3. The molecule has 440 valence electrons. The van der Waals surface area contributed by atoms with Crippen LogP contribution in [0.15, 0.2) is 24.3 Å². The zero-order chi connectivity index (χ0) is 59.3. The van der Waals surface area contributed by atoms with Gasteiger partial charge in [0, 0.05) is 40.5 Å². The van der Waals surface area contributed by atoms with E-state index in [2.05, 4.69) is 16.0 Å². The van der Waals surface area contributed by atoms with Gasteiger partial charge in [-0.25, -0.2) is 4.79 Å². The lowest BCUT2D eigenvalue weighted by Crippen LogP contribution is -2.62. The van der Waals surface area contributed by atoms with Gasteiger partial charge in [-0.2, -0.15) is 0 Å². The number of aliphatic hydroxyl groups is 1. The SMILES string of the molecule is CCC(C)[C@H]1NC(=O)[C@@H](NC(=O)[C@@H](CC(C)C)N(C)C(=O)[C@@H]2CCCN2C(=O)C(C)=O)[C@@H](C)OC(=O)[C@H](Cc2ccc(OC)cc2)N(C)C(=O)[C@@H]2CCCN2C(=O)[C@H](CC(C)C)NC(=O)[C@@H](C)C(=O)[C@H](C(C)C)OC(=O)C[C@@H]1O. The number of Topliss-reactive ketones (excluding diaryl/α,β-unsaturated/α-hetero) is 2. The molecular formula is C57H87N7O15. The van der Waals surface area contributed by atoms with E-state index in [9.17, 15) is 57.8 Å². The number of carbonyl (C=O) groups is 11. The number of ketones is 2. The van der Waals surface area contributed by atoms with Gasteiger partial charge in [0.25, 0.3) is 5.91 Å². The summed E-state index contributed by atoms with van der Waals surface area (Å²) in [6, 6.07) is -2.32. The molecule has 3 saturated heterocycles. The van der Waals surface area contributed by atoms with Crippen LogP contribution in [0.2, 0.25) is 0 Å². The van der Waals surface area contributed by atoms with Gasteiger partial charge in [0.2, 0.25) is 41.2 Å². The quantitative estimate of drug-likeness (QED) is 0.112. The maximum absolute atomic E-state index is 15.0. The molecular weight excluding hydrogens is 1020 g/mol. The normalized spacial score (nSPS) is 27.2. The summed E-state index contributed by atoms with van der Waals surface area (Å²) >= 11 is 0. The maximum atomic E-state index is 15.0. The van der Waals surface area contributed by atoms with Gasteiger partial charge in [0.1, 0.15) is 48.1 Å². The smallest absolute Gasteiger partial charge is 0.329 e. The molecule has 1 aromatic rings. The fraction of sp³-hybridized carbons (Fsp3) is 0.702. The van der Waals surface area contributed by atoms with Crippen molar-refractivity contribution >= 4 is 64.9 Å². The number of fused-ring (bicyclic) bond motifs is 1. The first-order chi connectivity index (χ1) is 37.0. The number of likely N-dealkylation sites (N-methyl/N-ethyl adjacent to an activating group) is 2. The van der Waals surface area contributed by atoms with Crippen LogP contribution < -0.4 is 20.7 Å². The minimum Gasteiger partial charge on any atom is -0.497 e. The van der Waals surface area contributed by atoms with E-state index < -0.39 is 150 Å². The molecule has 3 heterocycles. The third kappa shape index (κ3) is 16.8. The van der Waals surface area contributed by atoms with Crippen LogP contribution >= 0.6 is 0 Å². The van der Waals surface area contributed by atoms with Crippen molar-refractivity contribution in [3.8, 4) is 5.75 Å². The summed E-state index contributed by atoms with van der Waals surface area (Å²) in [7, 11) is 4.26.